The fraction of sp³-hybridized carbons (Fsp3) is 0.368. The van der Waals surface area contributed by atoms with Gasteiger partial charge in [0, 0.05) is 0 Å². The molecule has 0 spiro atoms. The molecule has 2 atom stereocenters. The lowest BCUT2D eigenvalue weighted by molar-refractivity contribution is 1.06. The molecule has 1 aromatic rings. The summed E-state index contributed by atoms with van der Waals surface area (Å²) < 4.78 is 0. The average Bonchev–Trinajstić information content (AvgIpc) is 3.25. The van der Waals surface area contributed by atoms with Crippen LogP contribution < -0.4 is 10.4 Å². The fourth-order valence-electron chi connectivity index (χ4n) is 2.39. The number of rotatable bonds is 2. The summed E-state index contributed by atoms with van der Waals surface area (Å²) in [4.78, 5) is 0. The summed E-state index contributed by atoms with van der Waals surface area (Å²) in [6.45, 7) is 15.7. The van der Waals surface area contributed by atoms with Crippen molar-refractivity contribution in [3.63, 3.8) is 0 Å². The first-order valence-corrected chi connectivity index (χ1v) is 7.44. The predicted molar refractivity (Wildman–Crippen MR) is 89.1 cm³/mol. The maximum absolute atomic E-state index is 3.85. The number of hydrogen-bond acceptors (Lipinski definition) is 0. The van der Waals surface area contributed by atoms with Gasteiger partial charge in [-0.25, -0.2) is 0 Å². The van der Waals surface area contributed by atoms with Crippen LogP contribution in [-0.4, -0.2) is 0 Å². The summed E-state index contributed by atoms with van der Waals surface area (Å²) in [6.07, 6.45) is 9.95. The number of benzene rings is 1. The van der Waals surface area contributed by atoms with E-state index in [1.165, 1.54) is 28.0 Å². The molecule has 0 aliphatic heterocycles. The fourth-order valence-corrected chi connectivity index (χ4v) is 2.39. The van der Waals surface area contributed by atoms with Gasteiger partial charge in [0.2, 0.25) is 0 Å². The average molecular weight is 254 g/mol. The highest BCUT2D eigenvalue weighted by molar-refractivity contribution is 5.65. The molecule has 0 heterocycles. The molecule has 2 aliphatic carbocycles. The van der Waals surface area contributed by atoms with E-state index in [0.717, 1.165) is 11.8 Å². The van der Waals surface area contributed by atoms with Gasteiger partial charge in [-0.1, -0.05) is 65.2 Å². The second kappa shape index (κ2) is 7.13. The Morgan fingerprint density at radius 2 is 1.21 bits per heavy atom. The number of fused-ring (bicyclic) bond motifs is 2. The van der Waals surface area contributed by atoms with Gasteiger partial charge in [0.1, 0.15) is 0 Å². The molecule has 0 amide bonds. The molecular weight excluding hydrogens is 228 g/mol. The van der Waals surface area contributed by atoms with Crippen molar-refractivity contribution in [2.45, 2.75) is 34.1 Å². The van der Waals surface area contributed by atoms with Gasteiger partial charge < -0.3 is 0 Å². The smallest absolute Gasteiger partial charge is 0.0155 e. The molecule has 1 saturated carbocycles. The molecule has 0 heteroatoms. The van der Waals surface area contributed by atoms with Crippen molar-refractivity contribution in [2.24, 2.45) is 11.8 Å². The first-order chi connectivity index (χ1) is 9.31. The summed E-state index contributed by atoms with van der Waals surface area (Å²) in [5.74, 6) is 1.62. The van der Waals surface area contributed by atoms with E-state index >= 15 is 0 Å². The summed E-state index contributed by atoms with van der Waals surface area (Å²) in [5.41, 5.74) is 2.38. The van der Waals surface area contributed by atoms with Crippen molar-refractivity contribution < 1.29 is 0 Å². The van der Waals surface area contributed by atoms with E-state index in [2.05, 4.69) is 37.4 Å². The molecule has 1 aromatic carbocycles. The van der Waals surface area contributed by atoms with E-state index < -0.39 is 0 Å². The van der Waals surface area contributed by atoms with Gasteiger partial charge in [0.15, 0.2) is 0 Å². The Balaban J connectivity index is 0.000000415. The van der Waals surface area contributed by atoms with Crippen LogP contribution in [0.25, 0.3) is 24.3 Å². The minimum absolute atomic E-state index is 0.810. The van der Waals surface area contributed by atoms with Crippen LogP contribution in [0.15, 0.2) is 25.3 Å². The maximum Gasteiger partial charge on any atom is -0.0155 e. The molecule has 102 valence electrons. The van der Waals surface area contributed by atoms with E-state index in [1.54, 1.807) is 0 Å². The van der Waals surface area contributed by atoms with Crippen LogP contribution in [0.3, 0.4) is 0 Å². The lowest BCUT2D eigenvalue weighted by Gasteiger charge is -2.04. The second-order valence-electron chi connectivity index (χ2n) is 4.42. The molecule has 0 radical (unpaired) electrons. The van der Waals surface area contributed by atoms with Gasteiger partial charge in [-0.3, -0.25) is 0 Å². The SMILES string of the molecule is C=Cc1cc2c(cc1C=C)=CC1CC1C=2.CC.CC. The summed E-state index contributed by atoms with van der Waals surface area (Å²) in [5, 5.41) is 2.74. The highest BCUT2D eigenvalue weighted by Gasteiger charge is 2.34. The summed E-state index contributed by atoms with van der Waals surface area (Å²) >= 11 is 0. The van der Waals surface area contributed by atoms with Gasteiger partial charge in [0.25, 0.3) is 0 Å². The Bertz CT molecular complexity index is 509. The molecule has 0 bridgehead atoms. The zero-order valence-electron chi connectivity index (χ0n) is 12.7. The summed E-state index contributed by atoms with van der Waals surface area (Å²) in [6, 6.07) is 4.45. The maximum atomic E-state index is 3.85. The largest absolute Gasteiger partial charge is 0.0984 e. The van der Waals surface area contributed by atoms with Gasteiger partial charge in [0.05, 0.1) is 0 Å². The highest BCUT2D eigenvalue weighted by Crippen LogP contribution is 2.41. The van der Waals surface area contributed by atoms with Crippen molar-refractivity contribution in [2.75, 3.05) is 0 Å². The summed E-state index contributed by atoms with van der Waals surface area (Å²) in [7, 11) is 0. The first-order valence-electron chi connectivity index (χ1n) is 7.44. The molecule has 0 nitrogen and oxygen atoms in total. The van der Waals surface area contributed by atoms with Gasteiger partial charge in [-0.2, -0.15) is 0 Å². The third kappa shape index (κ3) is 3.26. The zero-order chi connectivity index (χ0) is 14.4. The van der Waals surface area contributed by atoms with Crippen molar-refractivity contribution in [1.29, 1.82) is 0 Å². The Hall–Kier alpha value is -1.56. The predicted octanol–water partition coefficient (Wildman–Crippen LogP) is 4.24. The highest BCUT2D eigenvalue weighted by atomic mass is 14.4. The lowest BCUT2D eigenvalue weighted by Crippen LogP contribution is -2.28. The monoisotopic (exact) mass is 254 g/mol. The van der Waals surface area contributed by atoms with Crippen molar-refractivity contribution >= 4 is 24.3 Å². The zero-order valence-corrected chi connectivity index (χ0v) is 12.7. The normalized spacial score (nSPS) is 20.6. The standard InChI is InChI=1S/C15H14.2C2H6/c1-3-10-5-12-7-14-9-15(14)8-13(12)6-11(10)4-2;2*1-2/h3-8,14-15H,1-2,9H2;2*1-2H3. The van der Waals surface area contributed by atoms with E-state index in [4.69, 9.17) is 0 Å². The van der Waals surface area contributed by atoms with E-state index in [-0.39, 0.29) is 0 Å². The Labute approximate surface area is 117 Å². The molecule has 19 heavy (non-hydrogen) atoms. The van der Waals surface area contributed by atoms with Gasteiger partial charge >= 0.3 is 0 Å². The molecule has 0 N–H and O–H groups in total. The van der Waals surface area contributed by atoms with Crippen LogP contribution in [0.4, 0.5) is 0 Å². The third-order valence-electron chi connectivity index (χ3n) is 3.41. The van der Waals surface area contributed by atoms with Gasteiger partial charge in [-0.05, 0) is 52.0 Å². The molecule has 3 rings (SSSR count). The Morgan fingerprint density at radius 3 is 1.53 bits per heavy atom. The molecule has 2 aliphatic rings. The Morgan fingerprint density at radius 1 is 0.842 bits per heavy atom. The van der Waals surface area contributed by atoms with E-state index in [0.29, 0.717) is 0 Å². The Kier molecular flexibility index (Phi) is 5.82. The van der Waals surface area contributed by atoms with Crippen molar-refractivity contribution in [1.82, 2.24) is 0 Å². The molecule has 0 saturated heterocycles. The van der Waals surface area contributed by atoms with Crippen LogP contribution in [0.5, 0.6) is 0 Å². The second-order valence-corrected chi connectivity index (χ2v) is 4.42. The van der Waals surface area contributed by atoms with Crippen LogP contribution in [0.2, 0.25) is 0 Å². The molecule has 2 unspecified atom stereocenters. The number of hydrogen-bond donors (Lipinski definition) is 0. The van der Waals surface area contributed by atoms with Crippen molar-refractivity contribution in [3.8, 4) is 0 Å². The third-order valence-corrected chi connectivity index (χ3v) is 3.41. The minimum Gasteiger partial charge on any atom is -0.0984 e. The van der Waals surface area contributed by atoms with Crippen LogP contribution in [0, 0.1) is 11.8 Å². The van der Waals surface area contributed by atoms with Crippen LogP contribution in [0.1, 0.15) is 45.2 Å². The molecule has 1 fully saturated rings. The minimum atomic E-state index is 0.810. The van der Waals surface area contributed by atoms with E-state index in [9.17, 15) is 0 Å². The van der Waals surface area contributed by atoms with E-state index in [1.807, 2.05) is 39.8 Å². The molecular formula is C19H26. The lowest BCUT2D eigenvalue weighted by atomic mass is 10.0. The van der Waals surface area contributed by atoms with Crippen LogP contribution in [-0.2, 0) is 0 Å². The topological polar surface area (TPSA) is 0 Å². The van der Waals surface area contributed by atoms with Crippen LogP contribution >= 0.6 is 0 Å². The van der Waals surface area contributed by atoms with Gasteiger partial charge in [-0.15, -0.1) is 0 Å². The first kappa shape index (κ1) is 15.5. The molecule has 0 aromatic heterocycles. The quantitative estimate of drug-likeness (QED) is 0.740. The van der Waals surface area contributed by atoms with Crippen molar-refractivity contribution in [3.05, 3.63) is 46.9 Å².